The lowest BCUT2D eigenvalue weighted by atomic mass is 10.2. The molecule has 0 aromatic heterocycles. The van der Waals surface area contributed by atoms with Crippen LogP contribution in [0.4, 0.5) is 0 Å². The van der Waals surface area contributed by atoms with E-state index in [9.17, 15) is 9.59 Å². The lowest BCUT2D eigenvalue weighted by Crippen LogP contribution is -2.23. The topological polar surface area (TPSA) is 91.3 Å². The van der Waals surface area contributed by atoms with Crippen molar-refractivity contribution in [2.45, 2.75) is 83.3 Å². The smallest absolute Gasteiger partial charge is 0.321 e. The number of hydrogen-bond donors (Lipinski definition) is 1. The maximum absolute atomic E-state index is 12.0. The first-order valence-corrected chi connectivity index (χ1v) is 9.91. The fourth-order valence-corrected chi connectivity index (χ4v) is 2.59. The number of unbranched alkanes of at least 4 members (excludes halogenated alkanes) is 6. The maximum atomic E-state index is 12.0. The summed E-state index contributed by atoms with van der Waals surface area (Å²) in [6.45, 7) is 4.95. The first-order valence-electron chi connectivity index (χ1n) is 9.11. The number of hydrogen-bond acceptors (Lipinski definition) is 8. The Labute approximate surface area is 154 Å². The van der Waals surface area contributed by atoms with Crippen LogP contribution in [0, 0.1) is 0 Å². The zero-order valence-corrected chi connectivity index (χ0v) is 16.2. The van der Waals surface area contributed by atoms with Gasteiger partial charge in [-0.3, -0.25) is 9.59 Å². The van der Waals surface area contributed by atoms with Gasteiger partial charge in [0.25, 0.3) is 0 Å². The SMILES string of the molecule is CCCCCCOC(=O)CCC(SOOO)C(=O)OCCCCCC. The Bertz CT molecular complexity index is 339. The van der Waals surface area contributed by atoms with Crippen molar-refractivity contribution in [3.63, 3.8) is 0 Å². The molecule has 0 fully saturated rings. The number of esters is 2. The molecule has 0 aromatic rings. The molecule has 25 heavy (non-hydrogen) atoms. The van der Waals surface area contributed by atoms with Crippen molar-refractivity contribution in [3.05, 3.63) is 0 Å². The predicted octanol–water partition coefficient (Wildman–Crippen LogP) is 4.45. The molecular weight excluding hydrogens is 348 g/mol. The molecule has 8 heteroatoms. The molecule has 1 N–H and O–H groups in total. The van der Waals surface area contributed by atoms with E-state index >= 15 is 0 Å². The molecule has 148 valence electrons. The first kappa shape index (κ1) is 24.2. The van der Waals surface area contributed by atoms with Crippen LogP contribution in [0.15, 0.2) is 0 Å². The second-order valence-corrected chi connectivity index (χ2v) is 6.67. The fraction of sp³-hybridized carbons (Fsp3) is 0.882. The molecule has 0 aliphatic rings. The lowest BCUT2D eigenvalue weighted by molar-refractivity contribution is -0.432. The third-order valence-corrected chi connectivity index (χ3v) is 4.36. The Morgan fingerprint density at radius 1 is 0.920 bits per heavy atom. The van der Waals surface area contributed by atoms with Gasteiger partial charge in [-0.1, -0.05) is 57.4 Å². The molecule has 0 heterocycles. The molecule has 0 aliphatic carbocycles. The average molecular weight is 381 g/mol. The van der Waals surface area contributed by atoms with Crippen molar-refractivity contribution in [2.75, 3.05) is 13.2 Å². The lowest BCUT2D eigenvalue weighted by Gasteiger charge is -2.13. The quantitative estimate of drug-likeness (QED) is 0.130. The average Bonchev–Trinajstić information content (AvgIpc) is 2.61. The molecule has 0 amide bonds. The summed E-state index contributed by atoms with van der Waals surface area (Å²) in [5.74, 6) is -0.850. The summed E-state index contributed by atoms with van der Waals surface area (Å²) in [7, 11) is 0. The van der Waals surface area contributed by atoms with E-state index in [1.807, 2.05) is 0 Å². The summed E-state index contributed by atoms with van der Waals surface area (Å²) >= 11 is 0.620. The molecule has 0 saturated heterocycles. The Hall–Kier alpha value is -0.830. The number of carbonyl (C=O) groups is 2. The summed E-state index contributed by atoms with van der Waals surface area (Å²) < 4.78 is 14.6. The van der Waals surface area contributed by atoms with Crippen LogP contribution in [0.25, 0.3) is 0 Å². The standard InChI is InChI=1S/C17H32O7S/c1-3-5-7-9-13-21-16(18)12-11-15(25-24-23-20)17(19)22-14-10-8-6-4-2/h15,20H,3-14H2,1-2H3. The molecule has 0 spiro atoms. The summed E-state index contributed by atoms with van der Waals surface area (Å²) in [6.07, 6.45) is 8.40. The van der Waals surface area contributed by atoms with Crippen LogP contribution in [0.3, 0.4) is 0 Å². The van der Waals surface area contributed by atoms with Crippen molar-refractivity contribution in [1.82, 2.24) is 0 Å². The number of rotatable bonds is 17. The van der Waals surface area contributed by atoms with Crippen LogP contribution in [0.5, 0.6) is 0 Å². The molecule has 0 rings (SSSR count). The van der Waals surface area contributed by atoms with Crippen molar-refractivity contribution in [1.29, 1.82) is 0 Å². The highest BCUT2D eigenvalue weighted by molar-refractivity contribution is 7.95. The number of ether oxygens (including phenoxy) is 2. The first-order chi connectivity index (χ1) is 12.2. The van der Waals surface area contributed by atoms with Gasteiger partial charge in [0.1, 0.15) is 5.25 Å². The van der Waals surface area contributed by atoms with E-state index in [0.29, 0.717) is 25.3 Å². The molecular formula is C17H32O7S. The van der Waals surface area contributed by atoms with Crippen molar-refractivity contribution >= 4 is 24.0 Å². The molecule has 1 atom stereocenters. The largest absolute Gasteiger partial charge is 0.466 e. The maximum Gasteiger partial charge on any atom is 0.321 e. The van der Waals surface area contributed by atoms with E-state index in [0.717, 1.165) is 51.4 Å². The minimum Gasteiger partial charge on any atom is -0.466 e. The second-order valence-electron chi connectivity index (χ2n) is 5.78. The highest BCUT2D eigenvalue weighted by Crippen LogP contribution is 2.20. The highest BCUT2D eigenvalue weighted by Gasteiger charge is 2.24. The van der Waals surface area contributed by atoms with Gasteiger partial charge < -0.3 is 9.47 Å². The summed E-state index contributed by atoms with van der Waals surface area (Å²) in [4.78, 5) is 23.7. The third-order valence-electron chi connectivity index (χ3n) is 3.56. The van der Waals surface area contributed by atoms with Crippen LogP contribution in [0.1, 0.15) is 78.1 Å². The van der Waals surface area contributed by atoms with Gasteiger partial charge in [-0.05, 0) is 19.3 Å². The highest BCUT2D eigenvalue weighted by atomic mass is 32.2. The van der Waals surface area contributed by atoms with Crippen LogP contribution in [-0.4, -0.2) is 35.7 Å². The molecule has 0 saturated carbocycles. The van der Waals surface area contributed by atoms with Crippen LogP contribution >= 0.6 is 12.0 Å². The molecule has 7 nitrogen and oxygen atoms in total. The van der Waals surface area contributed by atoms with Gasteiger partial charge in [-0.2, -0.15) is 0 Å². The molecule has 0 bridgehead atoms. The Morgan fingerprint density at radius 2 is 1.52 bits per heavy atom. The van der Waals surface area contributed by atoms with E-state index < -0.39 is 11.2 Å². The van der Waals surface area contributed by atoms with Crippen molar-refractivity contribution < 1.29 is 33.7 Å². The van der Waals surface area contributed by atoms with Gasteiger partial charge in [0.05, 0.1) is 13.2 Å². The molecule has 1 unspecified atom stereocenters. The van der Waals surface area contributed by atoms with E-state index in [1.54, 1.807) is 0 Å². The van der Waals surface area contributed by atoms with Gasteiger partial charge >= 0.3 is 11.9 Å². The summed E-state index contributed by atoms with van der Waals surface area (Å²) in [6, 6.07) is 0. The van der Waals surface area contributed by atoms with Crippen molar-refractivity contribution in [3.8, 4) is 0 Å². The molecule has 0 radical (unpaired) electrons. The third kappa shape index (κ3) is 15.2. The Balaban J connectivity index is 4.02. The van der Waals surface area contributed by atoms with Gasteiger partial charge in [0.2, 0.25) is 0 Å². The number of carbonyl (C=O) groups excluding carboxylic acids is 2. The van der Waals surface area contributed by atoms with Gasteiger partial charge in [-0.25, -0.2) is 5.26 Å². The Kier molecular flexibility index (Phi) is 17.4. The summed E-state index contributed by atoms with van der Waals surface area (Å²) in [5, 5.41) is 11.0. The van der Waals surface area contributed by atoms with Crippen LogP contribution in [0.2, 0.25) is 0 Å². The van der Waals surface area contributed by atoms with E-state index in [1.165, 1.54) is 0 Å². The molecule has 0 aromatic carbocycles. The van der Waals surface area contributed by atoms with Crippen LogP contribution < -0.4 is 0 Å². The fourth-order valence-electron chi connectivity index (χ4n) is 2.10. The minimum absolute atomic E-state index is 0.0746. The van der Waals surface area contributed by atoms with Crippen LogP contribution in [-0.2, 0) is 28.4 Å². The normalized spacial score (nSPS) is 12.0. The van der Waals surface area contributed by atoms with E-state index in [-0.39, 0.29) is 18.8 Å². The van der Waals surface area contributed by atoms with Gasteiger partial charge in [-0.15, -0.1) is 4.33 Å². The Morgan fingerprint density at radius 3 is 2.08 bits per heavy atom. The minimum atomic E-state index is -0.758. The zero-order chi connectivity index (χ0) is 18.8. The monoisotopic (exact) mass is 380 g/mol. The molecule has 0 aliphatic heterocycles. The predicted molar refractivity (Wildman–Crippen MR) is 95.6 cm³/mol. The van der Waals surface area contributed by atoms with Crippen molar-refractivity contribution in [2.24, 2.45) is 0 Å². The summed E-state index contributed by atoms with van der Waals surface area (Å²) in [5.41, 5.74) is 0. The van der Waals surface area contributed by atoms with Gasteiger partial charge in [0, 0.05) is 18.5 Å². The zero-order valence-electron chi connectivity index (χ0n) is 15.4. The second kappa shape index (κ2) is 18.0. The van der Waals surface area contributed by atoms with E-state index in [2.05, 4.69) is 23.2 Å². The van der Waals surface area contributed by atoms with E-state index in [4.69, 9.17) is 14.7 Å². The van der Waals surface area contributed by atoms with Gasteiger partial charge in [0.15, 0.2) is 0 Å².